The molecule has 2 amide bonds. The molecular formula is C30H24ClF3N2O6S2. The number of hydrogen-bond acceptors (Lipinski definition) is 8. The SMILES string of the molecule is CCOC(=O)COc1ccc(Cl)cc1[C@@H]1c2sc(=O)[nH]c2S[C@@H]2[C@@H]3C[C@@H]([C@@H]4C(=O)N(c5ccccc5C(F)(F)F)C(=O)[C@@H]34)[C@H]12. The minimum atomic E-state index is -4.75. The Labute approximate surface area is 261 Å². The molecule has 7 atom stereocenters. The number of anilines is 1. The summed E-state index contributed by atoms with van der Waals surface area (Å²) in [6.45, 7) is 1.51. The molecule has 3 heterocycles. The highest BCUT2D eigenvalue weighted by Gasteiger charge is 2.70. The van der Waals surface area contributed by atoms with E-state index in [0.29, 0.717) is 27.8 Å². The zero-order valence-corrected chi connectivity index (χ0v) is 25.3. The molecule has 2 aliphatic carbocycles. The van der Waals surface area contributed by atoms with Crippen LogP contribution in [0.4, 0.5) is 18.9 Å². The standard InChI is InChI=1S/C30H24ClF3N2O6S2/c1-2-41-19(37)11-42-18-8-7-12(31)9-13(18)20-21-14-10-15(24(21)43-26-25(20)44-29(40)35-26)23-22(14)27(38)36(28(23)39)17-6-4-3-5-16(17)30(32,33)34/h3-9,14-15,20-24H,2,10-11H2,1H3,(H,35,40)/t14-,15-,20+,21-,22+,23+,24-/m1/s1. The molecule has 0 radical (unpaired) electrons. The number of H-pyrrole nitrogens is 1. The molecule has 8 nitrogen and oxygen atoms in total. The second-order valence-corrected chi connectivity index (χ2v) is 13.9. The molecule has 0 spiro atoms. The zero-order chi connectivity index (χ0) is 31.1. The fraction of sp³-hybridized carbons (Fsp3) is 0.400. The molecule has 2 saturated carbocycles. The van der Waals surface area contributed by atoms with Crippen LogP contribution >= 0.6 is 34.7 Å². The van der Waals surface area contributed by atoms with Crippen molar-refractivity contribution in [1.29, 1.82) is 0 Å². The van der Waals surface area contributed by atoms with Gasteiger partial charge in [0.05, 0.1) is 34.7 Å². The summed E-state index contributed by atoms with van der Waals surface area (Å²) in [5.74, 6) is -4.43. The second kappa shape index (κ2) is 10.7. The number of thiazole rings is 1. The molecule has 3 aromatic rings. The Morgan fingerprint density at radius 3 is 2.55 bits per heavy atom. The molecule has 14 heteroatoms. The lowest BCUT2D eigenvalue weighted by molar-refractivity contribution is -0.145. The first-order valence-corrected chi connectivity index (χ1v) is 16.1. The van der Waals surface area contributed by atoms with Crippen molar-refractivity contribution in [3.05, 3.63) is 73.2 Å². The van der Waals surface area contributed by atoms with Gasteiger partial charge >= 0.3 is 17.0 Å². The number of esters is 1. The molecule has 1 saturated heterocycles. The van der Waals surface area contributed by atoms with Crippen LogP contribution in [0.2, 0.25) is 5.02 Å². The summed E-state index contributed by atoms with van der Waals surface area (Å²) in [5, 5.41) is 0.823. The van der Waals surface area contributed by atoms with Gasteiger partial charge < -0.3 is 14.5 Å². The lowest BCUT2D eigenvalue weighted by Gasteiger charge is -2.43. The largest absolute Gasteiger partial charge is 0.482 e. The number of alkyl halides is 3. The van der Waals surface area contributed by atoms with Crippen molar-refractivity contribution in [2.45, 2.75) is 35.7 Å². The average molecular weight is 665 g/mol. The Morgan fingerprint density at radius 1 is 1.09 bits per heavy atom. The van der Waals surface area contributed by atoms with Crippen LogP contribution in [-0.2, 0) is 25.3 Å². The van der Waals surface area contributed by atoms with Gasteiger partial charge in [-0.15, -0.1) is 11.8 Å². The minimum absolute atomic E-state index is 0.183. The Hall–Kier alpha value is -3.29. The summed E-state index contributed by atoms with van der Waals surface area (Å²) in [5.41, 5.74) is -0.876. The van der Waals surface area contributed by atoms with Gasteiger partial charge in [-0.05, 0) is 61.4 Å². The third-order valence-corrected chi connectivity index (χ3v) is 12.0. The first-order chi connectivity index (χ1) is 21.0. The van der Waals surface area contributed by atoms with Crippen molar-refractivity contribution >= 4 is 58.2 Å². The Kier molecular flexibility index (Phi) is 7.13. The van der Waals surface area contributed by atoms with Crippen molar-refractivity contribution in [2.24, 2.45) is 29.6 Å². The van der Waals surface area contributed by atoms with Crippen molar-refractivity contribution < 1.29 is 37.0 Å². The van der Waals surface area contributed by atoms with Gasteiger partial charge in [0.2, 0.25) is 11.8 Å². The summed E-state index contributed by atoms with van der Waals surface area (Å²) < 4.78 is 52.7. The van der Waals surface area contributed by atoms with E-state index >= 15 is 0 Å². The van der Waals surface area contributed by atoms with E-state index in [4.69, 9.17) is 21.1 Å². The molecule has 1 aromatic heterocycles. The Bertz CT molecular complexity index is 1760. The summed E-state index contributed by atoms with van der Waals surface area (Å²) in [4.78, 5) is 56.6. The third-order valence-electron chi connectivity index (χ3n) is 9.13. The third kappa shape index (κ3) is 4.49. The van der Waals surface area contributed by atoms with Gasteiger partial charge in [0, 0.05) is 26.6 Å². The maximum Gasteiger partial charge on any atom is 0.418 e. The molecule has 7 rings (SSSR count). The number of amides is 2. The molecule has 2 bridgehead atoms. The van der Waals surface area contributed by atoms with Crippen LogP contribution in [0.15, 0.2) is 52.3 Å². The van der Waals surface area contributed by atoms with Gasteiger partial charge in [-0.2, -0.15) is 13.2 Å². The molecule has 2 aromatic carbocycles. The second-order valence-electron chi connectivity index (χ2n) is 11.3. The topological polar surface area (TPSA) is 106 Å². The van der Waals surface area contributed by atoms with E-state index in [9.17, 15) is 32.3 Å². The minimum Gasteiger partial charge on any atom is -0.482 e. The van der Waals surface area contributed by atoms with Gasteiger partial charge in [-0.1, -0.05) is 35.1 Å². The highest BCUT2D eigenvalue weighted by atomic mass is 35.5. The fourth-order valence-corrected chi connectivity index (χ4v) is 10.8. The highest BCUT2D eigenvalue weighted by Crippen LogP contribution is 2.69. The monoisotopic (exact) mass is 664 g/mol. The number of imide groups is 1. The van der Waals surface area contributed by atoms with Crippen molar-refractivity contribution in [3.63, 3.8) is 0 Å². The normalized spacial score (nSPS) is 28.6. The summed E-state index contributed by atoms with van der Waals surface area (Å²) >= 11 is 8.94. The van der Waals surface area contributed by atoms with E-state index in [1.54, 1.807) is 25.1 Å². The van der Waals surface area contributed by atoms with Crippen LogP contribution in [0.1, 0.15) is 35.3 Å². The summed E-state index contributed by atoms with van der Waals surface area (Å²) in [7, 11) is 0. The van der Waals surface area contributed by atoms with Gasteiger partial charge in [0.25, 0.3) is 0 Å². The molecule has 1 N–H and O–H groups in total. The van der Waals surface area contributed by atoms with Crippen LogP contribution in [0.3, 0.4) is 0 Å². The van der Waals surface area contributed by atoms with Crippen molar-refractivity contribution in [3.8, 4) is 5.75 Å². The molecule has 4 aliphatic rings. The molecule has 230 valence electrons. The molecule has 0 unspecified atom stereocenters. The quantitative estimate of drug-likeness (QED) is 0.265. The van der Waals surface area contributed by atoms with Gasteiger partial charge in [-0.25, -0.2) is 9.69 Å². The molecule has 2 aliphatic heterocycles. The number of carbonyl (C=O) groups is 3. The van der Waals surface area contributed by atoms with Crippen LogP contribution in [-0.4, -0.2) is 41.2 Å². The number of halogens is 4. The van der Waals surface area contributed by atoms with Crippen molar-refractivity contribution in [2.75, 3.05) is 18.1 Å². The Balaban J connectivity index is 1.30. The number of nitrogens with zero attached hydrogens (tertiary/aromatic N) is 1. The number of rotatable bonds is 6. The summed E-state index contributed by atoms with van der Waals surface area (Å²) in [6.07, 6.45) is -4.21. The van der Waals surface area contributed by atoms with Gasteiger partial charge in [-0.3, -0.25) is 14.4 Å². The van der Waals surface area contributed by atoms with E-state index < -0.39 is 53.0 Å². The maximum absolute atomic E-state index is 14.0. The number of nitrogens with one attached hydrogen (secondary N) is 1. The number of fused-ring (bicyclic) bond motifs is 9. The number of ether oxygens (including phenoxy) is 2. The summed E-state index contributed by atoms with van der Waals surface area (Å²) in [6, 6.07) is 9.61. The maximum atomic E-state index is 14.0. The van der Waals surface area contributed by atoms with E-state index in [-0.39, 0.29) is 41.1 Å². The van der Waals surface area contributed by atoms with E-state index in [1.165, 1.54) is 23.9 Å². The fourth-order valence-electron chi connectivity index (χ4n) is 7.74. The van der Waals surface area contributed by atoms with Gasteiger partial charge in [0.1, 0.15) is 5.75 Å². The number of aromatic amines is 1. The number of hydrogen-bond donors (Lipinski definition) is 1. The zero-order valence-electron chi connectivity index (χ0n) is 22.9. The van der Waals surface area contributed by atoms with Crippen LogP contribution < -0.4 is 14.5 Å². The predicted octanol–water partition coefficient (Wildman–Crippen LogP) is 5.73. The molecule has 44 heavy (non-hydrogen) atoms. The van der Waals surface area contributed by atoms with Crippen LogP contribution in [0.5, 0.6) is 5.75 Å². The lowest BCUT2D eigenvalue weighted by Crippen LogP contribution is -2.42. The number of benzene rings is 2. The number of para-hydroxylation sites is 1. The first kappa shape index (κ1) is 29.4. The van der Waals surface area contributed by atoms with Crippen LogP contribution in [0.25, 0.3) is 0 Å². The smallest absolute Gasteiger partial charge is 0.418 e. The number of aromatic nitrogens is 1. The highest BCUT2D eigenvalue weighted by molar-refractivity contribution is 8.00. The number of carbonyl (C=O) groups excluding carboxylic acids is 3. The van der Waals surface area contributed by atoms with E-state index in [1.807, 2.05) is 0 Å². The van der Waals surface area contributed by atoms with Gasteiger partial charge in [0.15, 0.2) is 6.61 Å². The predicted molar refractivity (Wildman–Crippen MR) is 156 cm³/mol. The first-order valence-electron chi connectivity index (χ1n) is 14.0. The molecule has 3 fully saturated rings. The number of thioether (sulfide) groups is 1. The average Bonchev–Trinajstić information content (AvgIpc) is 3.70. The molecular weight excluding hydrogens is 641 g/mol. The van der Waals surface area contributed by atoms with E-state index in [2.05, 4.69) is 4.98 Å². The van der Waals surface area contributed by atoms with Crippen molar-refractivity contribution in [1.82, 2.24) is 4.98 Å². The lowest BCUT2D eigenvalue weighted by atomic mass is 9.68. The Morgan fingerprint density at radius 2 is 1.82 bits per heavy atom. The van der Waals surface area contributed by atoms with Crippen LogP contribution in [0, 0.1) is 29.6 Å². The van der Waals surface area contributed by atoms with E-state index in [0.717, 1.165) is 33.2 Å².